The fourth-order valence-electron chi connectivity index (χ4n) is 1.64. The molecule has 0 fully saturated rings. The van der Waals surface area contributed by atoms with Crippen molar-refractivity contribution in [3.05, 3.63) is 36.2 Å². The molecule has 19 heavy (non-hydrogen) atoms. The number of anilines is 1. The van der Waals surface area contributed by atoms with E-state index in [1.165, 1.54) is 30.3 Å². The Kier molecular flexibility index (Phi) is 3.50. The summed E-state index contributed by atoms with van der Waals surface area (Å²) in [5.74, 6) is -0.0694. The van der Waals surface area contributed by atoms with E-state index in [0.717, 1.165) is 6.20 Å². The molecule has 0 unspecified atom stereocenters. The zero-order chi connectivity index (χ0) is 14.0. The number of pyridine rings is 1. The second-order valence-electron chi connectivity index (χ2n) is 4.13. The number of carbonyl (C=O) groups is 1. The number of rotatable bonds is 2. The Morgan fingerprint density at radius 1 is 1.32 bits per heavy atom. The predicted molar refractivity (Wildman–Crippen MR) is 69.0 cm³/mol. The van der Waals surface area contributed by atoms with Crippen LogP contribution in [0.25, 0.3) is 11.3 Å². The van der Waals surface area contributed by atoms with Gasteiger partial charge in [0.15, 0.2) is 5.82 Å². The van der Waals surface area contributed by atoms with Gasteiger partial charge < -0.3 is 0 Å². The van der Waals surface area contributed by atoms with Crippen LogP contribution >= 0.6 is 0 Å². The van der Waals surface area contributed by atoms with Crippen molar-refractivity contribution in [2.45, 2.75) is 13.8 Å². The van der Waals surface area contributed by atoms with Crippen molar-refractivity contribution in [3.63, 3.8) is 0 Å². The first kappa shape index (κ1) is 13.1. The van der Waals surface area contributed by atoms with Gasteiger partial charge in [0.1, 0.15) is 5.82 Å². The number of aryl methyl sites for hydroxylation is 1. The molecule has 2 aromatic rings. The lowest BCUT2D eigenvalue weighted by atomic mass is 10.2. The van der Waals surface area contributed by atoms with Gasteiger partial charge in [0.05, 0.1) is 23.8 Å². The molecule has 5 nitrogen and oxygen atoms in total. The van der Waals surface area contributed by atoms with Crippen molar-refractivity contribution in [1.82, 2.24) is 15.0 Å². The monoisotopic (exact) mass is 260 g/mol. The summed E-state index contributed by atoms with van der Waals surface area (Å²) in [6, 6.07) is 1.34. The summed E-state index contributed by atoms with van der Waals surface area (Å²) in [7, 11) is 1.63. The van der Waals surface area contributed by atoms with Crippen LogP contribution in [0.3, 0.4) is 0 Å². The lowest BCUT2D eigenvalue weighted by molar-refractivity contribution is -0.116. The number of amides is 1. The molecule has 98 valence electrons. The summed E-state index contributed by atoms with van der Waals surface area (Å²) >= 11 is 0. The van der Waals surface area contributed by atoms with Crippen molar-refractivity contribution in [1.29, 1.82) is 0 Å². The highest BCUT2D eigenvalue weighted by Crippen LogP contribution is 2.20. The molecule has 0 aromatic carbocycles. The first-order valence-corrected chi connectivity index (χ1v) is 5.68. The molecule has 0 radical (unpaired) electrons. The van der Waals surface area contributed by atoms with Gasteiger partial charge in [0.2, 0.25) is 5.91 Å². The summed E-state index contributed by atoms with van der Waals surface area (Å²) in [5, 5.41) is 0. The Labute approximate surface area is 110 Å². The minimum atomic E-state index is -0.429. The predicted octanol–water partition coefficient (Wildman–Crippen LogP) is 1.97. The molecule has 0 aliphatic heterocycles. The summed E-state index contributed by atoms with van der Waals surface area (Å²) in [4.78, 5) is 25.0. The summed E-state index contributed by atoms with van der Waals surface area (Å²) < 4.78 is 13.1. The third-order valence-corrected chi connectivity index (χ3v) is 2.71. The highest BCUT2D eigenvalue weighted by atomic mass is 19.1. The molecule has 2 heterocycles. The van der Waals surface area contributed by atoms with Crippen LogP contribution in [0.2, 0.25) is 0 Å². The van der Waals surface area contributed by atoms with Gasteiger partial charge in [-0.3, -0.25) is 14.7 Å². The third-order valence-electron chi connectivity index (χ3n) is 2.71. The molecule has 0 atom stereocenters. The molecule has 0 N–H and O–H groups in total. The van der Waals surface area contributed by atoms with E-state index in [4.69, 9.17) is 0 Å². The molecule has 2 aromatic heterocycles. The van der Waals surface area contributed by atoms with Crippen LogP contribution in [0.4, 0.5) is 10.2 Å². The van der Waals surface area contributed by atoms with E-state index >= 15 is 0 Å². The normalized spacial score (nSPS) is 10.3. The van der Waals surface area contributed by atoms with Crippen LogP contribution in [0, 0.1) is 12.7 Å². The van der Waals surface area contributed by atoms with Crippen LogP contribution in [0.5, 0.6) is 0 Å². The van der Waals surface area contributed by atoms with Crippen molar-refractivity contribution in [2.75, 3.05) is 11.9 Å². The number of hydrogen-bond donors (Lipinski definition) is 0. The molecule has 1 amide bonds. The van der Waals surface area contributed by atoms with E-state index in [9.17, 15) is 9.18 Å². The van der Waals surface area contributed by atoms with Gasteiger partial charge in [-0.05, 0) is 13.0 Å². The molecule has 0 aliphatic carbocycles. The van der Waals surface area contributed by atoms with Gasteiger partial charge in [-0.15, -0.1) is 0 Å². The van der Waals surface area contributed by atoms with Gasteiger partial charge in [-0.1, -0.05) is 0 Å². The van der Waals surface area contributed by atoms with E-state index < -0.39 is 5.82 Å². The smallest absolute Gasteiger partial charge is 0.224 e. The van der Waals surface area contributed by atoms with Crippen LogP contribution in [-0.4, -0.2) is 27.9 Å². The van der Waals surface area contributed by atoms with Gasteiger partial charge in [0.25, 0.3) is 0 Å². The quantitative estimate of drug-likeness (QED) is 0.828. The van der Waals surface area contributed by atoms with Crippen LogP contribution in [-0.2, 0) is 4.79 Å². The highest BCUT2D eigenvalue weighted by molar-refractivity contribution is 5.90. The van der Waals surface area contributed by atoms with Crippen LogP contribution < -0.4 is 4.90 Å². The minimum Gasteiger partial charge on any atom is -0.299 e. The van der Waals surface area contributed by atoms with Gasteiger partial charge in [-0.25, -0.2) is 14.4 Å². The van der Waals surface area contributed by atoms with E-state index in [1.54, 1.807) is 14.0 Å². The average molecular weight is 260 g/mol. The SMILES string of the molecule is CC(=O)N(C)c1ncc(-c2cncc(F)c2)nc1C. The van der Waals surface area contributed by atoms with Gasteiger partial charge in [-0.2, -0.15) is 0 Å². The van der Waals surface area contributed by atoms with Crippen LogP contribution in [0.15, 0.2) is 24.7 Å². The van der Waals surface area contributed by atoms with E-state index in [1.807, 2.05) is 0 Å². The van der Waals surface area contributed by atoms with Crippen LogP contribution in [0.1, 0.15) is 12.6 Å². The fraction of sp³-hybridized carbons (Fsp3) is 0.231. The number of aromatic nitrogens is 3. The molecule has 0 saturated carbocycles. The number of halogens is 1. The van der Waals surface area contributed by atoms with Crippen molar-refractivity contribution in [3.8, 4) is 11.3 Å². The van der Waals surface area contributed by atoms with Gasteiger partial charge >= 0.3 is 0 Å². The number of carbonyl (C=O) groups excluding carboxylic acids is 1. The first-order valence-electron chi connectivity index (χ1n) is 5.68. The Morgan fingerprint density at radius 3 is 2.63 bits per heavy atom. The Morgan fingerprint density at radius 2 is 2.05 bits per heavy atom. The summed E-state index contributed by atoms with van der Waals surface area (Å²) in [6.45, 7) is 3.20. The number of hydrogen-bond acceptors (Lipinski definition) is 4. The third kappa shape index (κ3) is 2.73. The van der Waals surface area contributed by atoms with E-state index in [2.05, 4.69) is 15.0 Å². The Bertz CT molecular complexity index is 630. The second-order valence-corrected chi connectivity index (χ2v) is 4.13. The Balaban J connectivity index is 2.42. The number of nitrogens with zero attached hydrogens (tertiary/aromatic N) is 4. The molecular weight excluding hydrogens is 247 g/mol. The fourth-order valence-corrected chi connectivity index (χ4v) is 1.64. The maximum atomic E-state index is 13.1. The largest absolute Gasteiger partial charge is 0.299 e. The standard InChI is InChI=1S/C13H13FN4O/c1-8-13(18(3)9(2)19)16-7-12(17-8)10-4-11(14)6-15-5-10/h4-7H,1-3H3. The lowest BCUT2D eigenvalue weighted by Gasteiger charge is -2.16. The molecule has 2 rings (SSSR count). The minimum absolute atomic E-state index is 0.127. The summed E-state index contributed by atoms with van der Waals surface area (Å²) in [6.07, 6.45) is 4.14. The van der Waals surface area contributed by atoms with Crippen molar-refractivity contribution < 1.29 is 9.18 Å². The van der Waals surface area contributed by atoms with E-state index in [0.29, 0.717) is 22.8 Å². The topological polar surface area (TPSA) is 59.0 Å². The van der Waals surface area contributed by atoms with Crippen molar-refractivity contribution in [2.24, 2.45) is 0 Å². The highest BCUT2D eigenvalue weighted by Gasteiger charge is 2.12. The van der Waals surface area contributed by atoms with Gasteiger partial charge in [0, 0.05) is 25.7 Å². The average Bonchev–Trinajstić information content (AvgIpc) is 2.37. The molecule has 0 bridgehead atoms. The molecule has 0 spiro atoms. The molecule has 0 aliphatic rings. The molecule has 0 saturated heterocycles. The molecule has 6 heteroatoms. The Hall–Kier alpha value is -2.37. The lowest BCUT2D eigenvalue weighted by Crippen LogP contribution is -2.25. The second kappa shape index (κ2) is 5.09. The molecular formula is C13H13FN4O. The first-order chi connectivity index (χ1) is 8.99. The maximum absolute atomic E-state index is 13.1. The zero-order valence-corrected chi connectivity index (χ0v) is 10.9. The summed E-state index contributed by atoms with van der Waals surface area (Å²) in [5.41, 5.74) is 1.66. The zero-order valence-electron chi connectivity index (χ0n) is 10.9. The van der Waals surface area contributed by atoms with E-state index in [-0.39, 0.29) is 5.91 Å². The van der Waals surface area contributed by atoms with Crippen molar-refractivity contribution >= 4 is 11.7 Å². The maximum Gasteiger partial charge on any atom is 0.224 e.